The fourth-order valence-electron chi connectivity index (χ4n) is 5.23. The summed E-state index contributed by atoms with van der Waals surface area (Å²) in [5, 5.41) is 0. The van der Waals surface area contributed by atoms with Gasteiger partial charge in [0, 0.05) is 12.8 Å². The highest BCUT2D eigenvalue weighted by Crippen LogP contribution is 2.27. The molecule has 38 heavy (non-hydrogen) atoms. The van der Waals surface area contributed by atoms with Crippen LogP contribution in [-0.4, -0.2) is 49.6 Å². The Morgan fingerprint density at radius 1 is 0.474 bits per heavy atom. The van der Waals surface area contributed by atoms with Crippen molar-refractivity contribution >= 4 is 11.9 Å². The Bertz CT molecular complexity index is 557. The minimum absolute atomic E-state index is 0.170. The molecule has 0 saturated carbocycles. The van der Waals surface area contributed by atoms with E-state index < -0.39 is 0 Å². The normalized spacial score (nSPS) is 21.8. The zero-order chi connectivity index (χ0) is 27.3. The van der Waals surface area contributed by atoms with Crippen LogP contribution in [0.25, 0.3) is 0 Å². The van der Waals surface area contributed by atoms with E-state index in [0.717, 1.165) is 25.7 Å². The van der Waals surface area contributed by atoms with Crippen LogP contribution in [0.2, 0.25) is 0 Å². The Morgan fingerprint density at radius 3 is 1.03 bits per heavy atom. The largest absolute Gasteiger partial charge is 0.462 e. The molecule has 0 aromatic rings. The Labute approximate surface area is 233 Å². The van der Waals surface area contributed by atoms with Gasteiger partial charge >= 0.3 is 11.9 Å². The first-order chi connectivity index (χ1) is 18.6. The van der Waals surface area contributed by atoms with Gasteiger partial charge in [-0.1, -0.05) is 103 Å². The minimum atomic E-state index is -0.179. The summed E-state index contributed by atoms with van der Waals surface area (Å²) in [6.07, 6.45) is 27.4. The predicted octanol–water partition coefficient (Wildman–Crippen LogP) is 8.23. The Kier molecular flexibility index (Phi) is 18.8. The van der Waals surface area contributed by atoms with Crippen LogP contribution >= 0.6 is 0 Å². The maximum Gasteiger partial charge on any atom is 0.305 e. The molecule has 0 amide bonds. The van der Waals surface area contributed by atoms with E-state index in [1.807, 2.05) is 0 Å². The first-order valence-corrected chi connectivity index (χ1v) is 16.2. The summed E-state index contributed by atoms with van der Waals surface area (Å²) < 4.78 is 21.3. The maximum atomic E-state index is 11.8. The molecular weight excluding hydrogens is 480 g/mol. The summed E-state index contributed by atoms with van der Waals surface area (Å²) in [5.41, 5.74) is 0. The number of rotatable bonds is 27. The van der Waals surface area contributed by atoms with Crippen LogP contribution in [0.15, 0.2) is 0 Å². The third kappa shape index (κ3) is 19.0. The van der Waals surface area contributed by atoms with Gasteiger partial charge in [0.15, 0.2) is 0 Å². The highest BCUT2D eigenvalue weighted by atomic mass is 16.6. The smallest absolute Gasteiger partial charge is 0.305 e. The van der Waals surface area contributed by atoms with Crippen LogP contribution < -0.4 is 0 Å². The molecule has 6 heteroatoms. The van der Waals surface area contributed by atoms with Crippen LogP contribution in [-0.2, 0) is 28.5 Å². The molecule has 2 heterocycles. The summed E-state index contributed by atoms with van der Waals surface area (Å²) in [6.45, 7) is 4.65. The van der Waals surface area contributed by atoms with E-state index in [-0.39, 0.29) is 25.2 Å². The second kappa shape index (κ2) is 21.7. The van der Waals surface area contributed by atoms with Crippen molar-refractivity contribution in [1.82, 2.24) is 0 Å². The first kappa shape index (κ1) is 33.1. The number of epoxide rings is 2. The molecule has 0 N–H and O–H groups in total. The Hall–Kier alpha value is -1.14. The average molecular weight is 539 g/mol. The Morgan fingerprint density at radius 2 is 0.737 bits per heavy atom. The quantitative estimate of drug-likeness (QED) is 0.0595. The summed E-state index contributed by atoms with van der Waals surface area (Å²) in [4.78, 5) is 23.7. The predicted molar refractivity (Wildman–Crippen MR) is 152 cm³/mol. The SMILES string of the molecule is CC1OC1CCCCCCCCCCCC(=O)OCCOC(=O)CCCCCCCCCCCC1OC1C. The monoisotopic (exact) mass is 538 g/mol. The lowest BCUT2D eigenvalue weighted by atomic mass is 10.0. The van der Waals surface area contributed by atoms with Crippen LogP contribution in [0.5, 0.6) is 0 Å². The number of carbonyl (C=O) groups excluding carboxylic acids is 2. The summed E-state index contributed by atoms with van der Waals surface area (Å²) in [7, 11) is 0. The summed E-state index contributed by atoms with van der Waals surface area (Å²) in [5.74, 6) is -0.358. The number of hydrogen-bond acceptors (Lipinski definition) is 6. The summed E-state index contributed by atoms with van der Waals surface area (Å²) >= 11 is 0. The van der Waals surface area contributed by atoms with Crippen LogP contribution in [0, 0.1) is 0 Å². The molecule has 2 saturated heterocycles. The lowest BCUT2D eigenvalue weighted by molar-refractivity contribution is -0.152. The van der Waals surface area contributed by atoms with E-state index >= 15 is 0 Å². The molecule has 2 aliphatic rings. The molecule has 4 atom stereocenters. The molecule has 0 aromatic carbocycles. The van der Waals surface area contributed by atoms with E-state index in [9.17, 15) is 9.59 Å². The molecule has 0 spiro atoms. The number of carbonyl (C=O) groups is 2. The maximum absolute atomic E-state index is 11.8. The van der Waals surface area contributed by atoms with Crippen molar-refractivity contribution in [1.29, 1.82) is 0 Å². The van der Waals surface area contributed by atoms with Crippen LogP contribution in [0.3, 0.4) is 0 Å². The standard InChI is InChI=1S/C32H58O6/c1-27-29(37-27)21-17-13-9-5-3-7-11-15-19-23-31(33)35-25-26-36-32(34)24-20-16-12-8-4-6-10-14-18-22-30-28(2)38-30/h27-30H,3-26H2,1-2H3. The highest BCUT2D eigenvalue weighted by molar-refractivity contribution is 5.70. The van der Waals surface area contributed by atoms with Crippen LogP contribution in [0.1, 0.15) is 155 Å². The molecule has 0 bridgehead atoms. The van der Waals surface area contributed by atoms with Gasteiger partial charge < -0.3 is 18.9 Å². The molecule has 2 rings (SSSR count). The fourth-order valence-corrected chi connectivity index (χ4v) is 5.23. The van der Waals surface area contributed by atoms with Gasteiger partial charge in [-0.05, 0) is 39.5 Å². The molecule has 222 valence electrons. The van der Waals surface area contributed by atoms with E-state index in [1.54, 1.807) is 0 Å². The topological polar surface area (TPSA) is 77.7 Å². The van der Waals surface area contributed by atoms with Gasteiger partial charge in [0.1, 0.15) is 13.2 Å². The minimum Gasteiger partial charge on any atom is -0.462 e. The average Bonchev–Trinajstić information content (AvgIpc) is 3.81. The van der Waals surface area contributed by atoms with E-state index in [0.29, 0.717) is 37.3 Å². The number of ether oxygens (including phenoxy) is 4. The van der Waals surface area contributed by atoms with E-state index in [2.05, 4.69) is 13.8 Å². The molecule has 4 unspecified atom stereocenters. The van der Waals surface area contributed by atoms with E-state index in [4.69, 9.17) is 18.9 Å². The molecule has 2 aliphatic heterocycles. The molecular formula is C32H58O6. The van der Waals surface area contributed by atoms with Crippen molar-refractivity contribution in [2.75, 3.05) is 13.2 Å². The summed E-state index contributed by atoms with van der Waals surface area (Å²) in [6, 6.07) is 0. The van der Waals surface area contributed by atoms with Gasteiger partial charge in [-0.25, -0.2) is 0 Å². The second-order valence-corrected chi connectivity index (χ2v) is 11.6. The van der Waals surface area contributed by atoms with Crippen LogP contribution in [0.4, 0.5) is 0 Å². The van der Waals surface area contributed by atoms with Crippen molar-refractivity contribution in [3.63, 3.8) is 0 Å². The molecule has 6 nitrogen and oxygen atoms in total. The van der Waals surface area contributed by atoms with Crippen molar-refractivity contribution in [2.45, 2.75) is 180 Å². The van der Waals surface area contributed by atoms with Gasteiger partial charge in [-0.15, -0.1) is 0 Å². The highest BCUT2D eigenvalue weighted by Gasteiger charge is 2.33. The van der Waals surface area contributed by atoms with Crippen molar-refractivity contribution in [2.24, 2.45) is 0 Å². The van der Waals surface area contributed by atoms with Crippen molar-refractivity contribution < 1.29 is 28.5 Å². The molecule has 0 aromatic heterocycles. The fraction of sp³-hybridized carbons (Fsp3) is 0.938. The van der Waals surface area contributed by atoms with Gasteiger partial charge in [-0.3, -0.25) is 9.59 Å². The first-order valence-electron chi connectivity index (χ1n) is 16.2. The zero-order valence-corrected chi connectivity index (χ0v) is 24.7. The van der Waals surface area contributed by atoms with Crippen molar-refractivity contribution in [3.8, 4) is 0 Å². The zero-order valence-electron chi connectivity index (χ0n) is 24.7. The molecule has 0 radical (unpaired) electrons. The van der Waals surface area contributed by atoms with Crippen molar-refractivity contribution in [3.05, 3.63) is 0 Å². The van der Waals surface area contributed by atoms with Gasteiger partial charge in [-0.2, -0.15) is 0 Å². The lowest BCUT2D eigenvalue weighted by Crippen LogP contribution is -2.13. The van der Waals surface area contributed by atoms with Gasteiger partial charge in [0.25, 0.3) is 0 Å². The second-order valence-electron chi connectivity index (χ2n) is 11.6. The van der Waals surface area contributed by atoms with Gasteiger partial charge in [0.05, 0.1) is 24.4 Å². The Balaban J connectivity index is 1.21. The molecule has 2 fully saturated rings. The lowest BCUT2D eigenvalue weighted by Gasteiger charge is -2.07. The molecule has 0 aliphatic carbocycles. The van der Waals surface area contributed by atoms with Gasteiger partial charge in [0.2, 0.25) is 0 Å². The third-order valence-corrected chi connectivity index (χ3v) is 8.02. The third-order valence-electron chi connectivity index (χ3n) is 8.02. The number of unbranched alkanes of at least 4 members (excludes halogenated alkanes) is 16. The van der Waals surface area contributed by atoms with E-state index in [1.165, 1.54) is 103 Å². The number of esters is 2. The number of hydrogen-bond donors (Lipinski definition) is 0.